The van der Waals surface area contributed by atoms with E-state index in [0.29, 0.717) is 12.9 Å². The summed E-state index contributed by atoms with van der Waals surface area (Å²) in [5.74, 6) is 0.454. The lowest BCUT2D eigenvalue weighted by Gasteiger charge is -2.05. The number of hydrogen-bond donors (Lipinski definition) is 0. The molecular weight excluding hydrogens is 324 g/mol. The third-order valence-corrected chi connectivity index (χ3v) is 4.34. The van der Waals surface area contributed by atoms with Gasteiger partial charge in [0.05, 0.1) is 12.3 Å². The van der Waals surface area contributed by atoms with E-state index in [0.717, 1.165) is 29.9 Å². The summed E-state index contributed by atoms with van der Waals surface area (Å²) >= 11 is 1.82. The Balaban J connectivity index is 0.000000307. The number of hydrogen-bond acceptors (Lipinski definition) is 6. The molecule has 0 spiro atoms. The van der Waals surface area contributed by atoms with Crippen LogP contribution in [-0.4, -0.2) is 36.0 Å². The smallest absolute Gasteiger partial charge is 0.312 e. The van der Waals surface area contributed by atoms with Crippen molar-refractivity contribution in [1.82, 2.24) is 0 Å². The number of rotatable bonds is 7. The lowest BCUT2D eigenvalue weighted by atomic mass is 10.1. The highest BCUT2D eigenvalue weighted by atomic mass is 32.2. The highest BCUT2D eigenvalue weighted by molar-refractivity contribution is 8.03. The van der Waals surface area contributed by atoms with E-state index in [9.17, 15) is 9.59 Å². The molecule has 0 aromatic carbocycles. The van der Waals surface area contributed by atoms with Crippen LogP contribution in [0.4, 0.5) is 0 Å². The van der Waals surface area contributed by atoms with Gasteiger partial charge in [-0.15, -0.1) is 11.8 Å². The molecule has 0 saturated heterocycles. The second-order valence-corrected chi connectivity index (χ2v) is 6.27. The van der Waals surface area contributed by atoms with Crippen molar-refractivity contribution in [2.24, 2.45) is 9.98 Å². The molecule has 0 radical (unpaired) electrons. The number of ether oxygens (including phenoxy) is 1. The minimum Gasteiger partial charge on any atom is -0.466 e. The summed E-state index contributed by atoms with van der Waals surface area (Å²) in [6.07, 6.45) is 6.32. The lowest BCUT2D eigenvalue weighted by Crippen LogP contribution is -2.03. The van der Waals surface area contributed by atoms with Crippen LogP contribution in [0, 0.1) is 0 Å². The Hall–Kier alpha value is -1.95. The van der Waals surface area contributed by atoms with E-state index in [1.807, 2.05) is 24.2 Å². The van der Waals surface area contributed by atoms with Gasteiger partial charge in [-0.05, 0) is 31.4 Å². The van der Waals surface area contributed by atoms with Crippen LogP contribution in [0.15, 0.2) is 45.0 Å². The zero-order valence-corrected chi connectivity index (χ0v) is 15.3. The Morgan fingerprint density at radius 2 is 2.12 bits per heavy atom. The van der Waals surface area contributed by atoms with Crippen molar-refractivity contribution in [3.63, 3.8) is 0 Å². The van der Waals surface area contributed by atoms with Crippen LogP contribution in [-0.2, 0) is 14.3 Å². The molecule has 0 aromatic heterocycles. The van der Waals surface area contributed by atoms with Crippen LogP contribution >= 0.6 is 11.8 Å². The highest BCUT2D eigenvalue weighted by Crippen LogP contribution is 2.28. The predicted octanol–water partition coefficient (Wildman–Crippen LogP) is 3.87. The zero-order chi connectivity index (χ0) is 17.9. The molecule has 0 atom stereocenters. The van der Waals surface area contributed by atoms with Crippen LogP contribution in [0.25, 0.3) is 0 Å². The van der Waals surface area contributed by atoms with E-state index < -0.39 is 5.97 Å². The number of aliphatic imine (C=N–C) groups is 2. The van der Waals surface area contributed by atoms with Crippen molar-refractivity contribution < 1.29 is 14.3 Å². The molecule has 6 heteroatoms. The average Bonchev–Trinajstić information content (AvgIpc) is 3.12. The maximum atomic E-state index is 10.2. The third-order valence-electron chi connectivity index (χ3n) is 3.30. The molecule has 2 heterocycles. The Kier molecular flexibility index (Phi) is 9.01. The van der Waals surface area contributed by atoms with Crippen LogP contribution < -0.4 is 0 Å². The van der Waals surface area contributed by atoms with Gasteiger partial charge in [-0.2, -0.15) is 0 Å². The number of thioether (sulfide) groups is 1. The third kappa shape index (κ3) is 6.66. The van der Waals surface area contributed by atoms with E-state index in [4.69, 9.17) is 0 Å². The molecule has 0 aliphatic carbocycles. The summed E-state index contributed by atoms with van der Waals surface area (Å²) in [5.41, 5.74) is 4.70. The number of aldehydes is 1. The van der Waals surface area contributed by atoms with Gasteiger partial charge in [-0.3, -0.25) is 14.8 Å². The molecule has 0 aromatic rings. The van der Waals surface area contributed by atoms with Crippen molar-refractivity contribution in [3.05, 3.63) is 35.0 Å². The molecule has 0 bridgehead atoms. The summed E-state index contributed by atoms with van der Waals surface area (Å²) < 4.78 is 4.41. The fourth-order valence-electron chi connectivity index (χ4n) is 1.99. The first-order chi connectivity index (χ1) is 11.5. The fraction of sp³-hybridized carbons (Fsp3) is 0.444. The molecule has 130 valence electrons. The second kappa shape index (κ2) is 10.8. The number of carbonyl (C=O) groups excluding carboxylic acids is 2. The summed E-state index contributed by atoms with van der Waals surface area (Å²) in [6, 6.07) is 0. The molecule has 2 rings (SSSR count). The molecule has 5 nitrogen and oxygen atoms in total. The molecule has 0 amide bonds. The largest absolute Gasteiger partial charge is 0.466 e. The Morgan fingerprint density at radius 1 is 1.38 bits per heavy atom. The number of carbonyl (C=O) groups is 2. The minimum absolute atomic E-state index is 0.131. The first kappa shape index (κ1) is 20.1. The van der Waals surface area contributed by atoms with Crippen molar-refractivity contribution in [3.8, 4) is 0 Å². The Labute approximate surface area is 147 Å². The van der Waals surface area contributed by atoms with Crippen molar-refractivity contribution in [2.45, 2.75) is 40.0 Å². The first-order valence-electron chi connectivity index (χ1n) is 7.91. The highest BCUT2D eigenvalue weighted by Gasteiger charge is 2.15. The van der Waals surface area contributed by atoms with E-state index in [1.165, 1.54) is 16.2 Å². The number of esters is 1. The topological polar surface area (TPSA) is 68.1 Å². The van der Waals surface area contributed by atoms with Crippen LogP contribution in [0.2, 0.25) is 0 Å². The Morgan fingerprint density at radius 3 is 2.62 bits per heavy atom. The van der Waals surface area contributed by atoms with Crippen molar-refractivity contribution in [1.29, 1.82) is 0 Å². The monoisotopic (exact) mass is 348 g/mol. The van der Waals surface area contributed by atoms with E-state index >= 15 is 0 Å². The van der Waals surface area contributed by atoms with Gasteiger partial charge in [0.1, 0.15) is 12.7 Å². The normalized spacial score (nSPS) is 15.7. The fourth-order valence-corrected chi connectivity index (χ4v) is 3.00. The van der Waals surface area contributed by atoms with Crippen LogP contribution in [0.5, 0.6) is 0 Å². The van der Waals surface area contributed by atoms with Crippen molar-refractivity contribution >= 4 is 35.4 Å². The molecule has 2 aliphatic heterocycles. The summed E-state index contributed by atoms with van der Waals surface area (Å²) in [6.45, 7) is 10.3. The molecule has 24 heavy (non-hydrogen) atoms. The van der Waals surface area contributed by atoms with Crippen LogP contribution in [0.1, 0.15) is 40.0 Å². The zero-order valence-electron chi connectivity index (χ0n) is 14.5. The Bertz CT molecular complexity index is 616. The van der Waals surface area contributed by atoms with E-state index in [-0.39, 0.29) is 6.42 Å². The van der Waals surface area contributed by atoms with Gasteiger partial charge in [-0.1, -0.05) is 13.5 Å². The average molecular weight is 348 g/mol. The quantitative estimate of drug-likeness (QED) is 0.398. The number of allylic oxidation sites excluding steroid dienone is 3. The minimum atomic E-state index is -0.456. The van der Waals surface area contributed by atoms with Gasteiger partial charge in [0.2, 0.25) is 0 Å². The molecule has 0 unspecified atom stereocenters. The van der Waals surface area contributed by atoms with Gasteiger partial charge in [0.25, 0.3) is 0 Å². The van der Waals surface area contributed by atoms with E-state index in [2.05, 4.69) is 35.1 Å². The standard InChI is InChI=1S/C13H16N2S.C5H8O3/c1-4-11-6-15-13(10(11)3)8-16-12-5-9(2)14-7-12;1-2-8-5(7)3-4-6/h6-7H,3-5,8H2,1-2H3;4H,2-3H2,1H3. The summed E-state index contributed by atoms with van der Waals surface area (Å²) in [5, 5.41) is 0. The summed E-state index contributed by atoms with van der Waals surface area (Å²) in [4.78, 5) is 29.8. The maximum Gasteiger partial charge on any atom is 0.312 e. The SMILES string of the molecule is C=C1C(CC)=CN=C1CSC1=CN=C(C)C1.CCOC(=O)CC=O. The molecule has 2 aliphatic rings. The van der Waals surface area contributed by atoms with Crippen molar-refractivity contribution in [2.75, 3.05) is 12.4 Å². The van der Waals surface area contributed by atoms with Gasteiger partial charge < -0.3 is 9.53 Å². The predicted molar refractivity (Wildman–Crippen MR) is 101 cm³/mol. The van der Waals surface area contributed by atoms with Gasteiger partial charge >= 0.3 is 5.97 Å². The van der Waals surface area contributed by atoms with E-state index in [1.54, 1.807) is 6.92 Å². The first-order valence-corrected chi connectivity index (χ1v) is 8.90. The van der Waals surface area contributed by atoms with Crippen LogP contribution in [0.3, 0.4) is 0 Å². The van der Waals surface area contributed by atoms with Gasteiger partial charge in [0.15, 0.2) is 0 Å². The second-order valence-electron chi connectivity index (χ2n) is 5.16. The lowest BCUT2D eigenvalue weighted by molar-refractivity contribution is -0.143. The van der Waals surface area contributed by atoms with Gasteiger partial charge in [-0.25, -0.2) is 0 Å². The summed E-state index contributed by atoms with van der Waals surface area (Å²) in [7, 11) is 0. The molecular formula is C18H24N2O3S. The number of nitrogens with zero attached hydrogens (tertiary/aromatic N) is 2. The maximum absolute atomic E-state index is 10.2. The molecule has 0 fully saturated rings. The molecule has 0 saturated carbocycles. The van der Waals surface area contributed by atoms with Gasteiger partial charge in [0, 0.05) is 35.2 Å². The molecule has 0 N–H and O–H groups in total.